The fraction of sp³-hybridized carbons (Fsp3) is 0.609. The Hall–Kier alpha value is -2.57. The number of thiazole rings is 2. The number of aryl methyl sites for hydroxylation is 2. The summed E-state index contributed by atoms with van der Waals surface area (Å²) < 4.78 is 0. The number of carbonyl (C=O) groups is 2. The summed E-state index contributed by atoms with van der Waals surface area (Å²) >= 11 is 2.60. The number of rotatable bonds is 14. The van der Waals surface area contributed by atoms with Crippen LogP contribution in [0.1, 0.15) is 106 Å². The molecule has 12 heteroatoms. The van der Waals surface area contributed by atoms with E-state index in [1.165, 1.54) is 22.7 Å². The molecule has 2 rings (SSSR count). The molecule has 0 aliphatic heterocycles. The van der Waals surface area contributed by atoms with Gasteiger partial charge in [-0.25, -0.2) is 9.97 Å². The zero-order valence-corrected chi connectivity index (χ0v) is 22.8. The van der Waals surface area contributed by atoms with Gasteiger partial charge in [0.15, 0.2) is 5.96 Å². The Morgan fingerprint density at radius 1 is 1.03 bits per heavy atom. The van der Waals surface area contributed by atoms with Gasteiger partial charge in [-0.1, -0.05) is 20.3 Å². The van der Waals surface area contributed by atoms with Crippen molar-refractivity contribution in [3.63, 3.8) is 0 Å². The number of aliphatic imine (C=N–C) groups is 1. The SMILES string of the molecule is CCCC(CC)N[C@@H](C)c1nc(CCCN=C(N)N)sc1C(=O)N[C@@H](C)c1nc(C)sc1C(N)=O. The van der Waals surface area contributed by atoms with E-state index < -0.39 is 11.9 Å². The van der Waals surface area contributed by atoms with Gasteiger partial charge in [-0.3, -0.25) is 14.6 Å². The molecule has 0 aliphatic rings. The molecule has 0 bridgehead atoms. The average Bonchev–Trinajstić information content (AvgIpc) is 3.40. The van der Waals surface area contributed by atoms with E-state index in [4.69, 9.17) is 22.2 Å². The second kappa shape index (κ2) is 13.5. The number of hydrogen-bond acceptors (Lipinski definition) is 8. The molecule has 35 heavy (non-hydrogen) atoms. The van der Waals surface area contributed by atoms with E-state index in [9.17, 15) is 9.59 Å². The van der Waals surface area contributed by atoms with E-state index in [2.05, 4.69) is 34.5 Å². The third kappa shape index (κ3) is 8.25. The maximum absolute atomic E-state index is 13.4. The predicted molar refractivity (Wildman–Crippen MR) is 143 cm³/mol. The van der Waals surface area contributed by atoms with Crippen LogP contribution in [0.5, 0.6) is 0 Å². The van der Waals surface area contributed by atoms with E-state index in [0.29, 0.717) is 34.5 Å². The van der Waals surface area contributed by atoms with E-state index in [1.54, 1.807) is 13.8 Å². The van der Waals surface area contributed by atoms with Gasteiger partial charge in [0, 0.05) is 25.0 Å². The van der Waals surface area contributed by atoms with Crippen LogP contribution in [-0.4, -0.2) is 40.3 Å². The summed E-state index contributed by atoms with van der Waals surface area (Å²) in [6.45, 7) is 10.4. The topological polar surface area (TPSA) is 174 Å². The molecule has 8 N–H and O–H groups in total. The minimum atomic E-state index is -0.549. The van der Waals surface area contributed by atoms with E-state index in [0.717, 1.165) is 41.4 Å². The second-order valence-electron chi connectivity index (χ2n) is 8.52. The molecular weight excluding hydrogens is 484 g/mol. The van der Waals surface area contributed by atoms with Crippen LogP contribution in [0.4, 0.5) is 0 Å². The molecule has 3 atom stereocenters. The summed E-state index contributed by atoms with van der Waals surface area (Å²) in [5.74, 6) is -0.739. The number of guanidine groups is 1. The van der Waals surface area contributed by atoms with Crippen LogP contribution in [0.2, 0.25) is 0 Å². The Morgan fingerprint density at radius 3 is 2.31 bits per heavy atom. The molecule has 2 amide bonds. The zero-order chi connectivity index (χ0) is 26.1. The lowest BCUT2D eigenvalue weighted by Gasteiger charge is -2.22. The van der Waals surface area contributed by atoms with Gasteiger partial charge in [-0.2, -0.15) is 0 Å². The van der Waals surface area contributed by atoms with Gasteiger partial charge in [0.05, 0.1) is 27.4 Å². The van der Waals surface area contributed by atoms with Gasteiger partial charge in [0.1, 0.15) is 9.75 Å². The number of hydrogen-bond donors (Lipinski definition) is 5. The number of carbonyl (C=O) groups excluding carboxylic acids is 2. The standard InChI is InChI=1S/C23H38N8O2S2/c1-6-9-15(7-2)28-12(3)18-20(35-16(31-18)10-8-11-27-23(25)26)22(33)29-13(4)17-19(21(24)32)34-14(5)30-17/h12-13,15,28H,6-11H2,1-5H3,(H2,24,32)(H,29,33)(H4,25,26,27)/t12-,13-,15?/m0/s1. The lowest BCUT2D eigenvalue weighted by molar-refractivity contribution is 0.0936. The van der Waals surface area contributed by atoms with Crippen LogP contribution >= 0.6 is 22.7 Å². The lowest BCUT2D eigenvalue weighted by Crippen LogP contribution is -2.33. The van der Waals surface area contributed by atoms with Crippen LogP contribution in [0.15, 0.2) is 4.99 Å². The van der Waals surface area contributed by atoms with Crippen molar-refractivity contribution in [3.05, 3.63) is 31.2 Å². The van der Waals surface area contributed by atoms with Gasteiger partial charge in [-0.05, 0) is 40.0 Å². The zero-order valence-electron chi connectivity index (χ0n) is 21.2. The number of aromatic nitrogens is 2. The van der Waals surface area contributed by atoms with Crippen molar-refractivity contribution < 1.29 is 9.59 Å². The number of amides is 2. The quantitative estimate of drug-likeness (QED) is 0.144. The fourth-order valence-corrected chi connectivity index (χ4v) is 5.78. The van der Waals surface area contributed by atoms with Crippen LogP contribution in [-0.2, 0) is 6.42 Å². The summed E-state index contributed by atoms with van der Waals surface area (Å²) in [6, 6.07) is -0.247. The fourth-order valence-electron chi connectivity index (χ4n) is 3.81. The van der Waals surface area contributed by atoms with Gasteiger partial charge in [0.2, 0.25) is 0 Å². The van der Waals surface area contributed by atoms with Gasteiger partial charge in [0.25, 0.3) is 11.8 Å². The van der Waals surface area contributed by atoms with Crippen molar-refractivity contribution in [2.24, 2.45) is 22.2 Å². The average molecular weight is 523 g/mol. The lowest BCUT2D eigenvalue weighted by atomic mass is 10.1. The van der Waals surface area contributed by atoms with Crippen LogP contribution < -0.4 is 27.8 Å². The Bertz CT molecular complexity index is 1030. The van der Waals surface area contributed by atoms with Crippen LogP contribution in [0.25, 0.3) is 0 Å². The van der Waals surface area contributed by atoms with Crippen molar-refractivity contribution in [1.82, 2.24) is 20.6 Å². The molecule has 2 heterocycles. The van der Waals surface area contributed by atoms with Crippen molar-refractivity contribution in [3.8, 4) is 0 Å². The Kier molecular flexibility index (Phi) is 11.1. The normalized spacial score (nSPS) is 13.7. The molecule has 0 spiro atoms. The van der Waals surface area contributed by atoms with Crippen LogP contribution in [0, 0.1) is 6.92 Å². The first kappa shape index (κ1) is 28.7. The number of nitrogens with two attached hydrogens (primary N) is 3. The molecule has 2 aromatic rings. The van der Waals surface area contributed by atoms with Crippen LogP contribution in [0.3, 0.4) is 0 Å². The maximum atomic E-state index is 13.4. The first-order valence-electron chi connectivity index (χ1n) is 12.0. The predicted octanol–water partition coefficient (Wildman–Crippen LogP) is 2.93. The molecule has 0 fully saturated rings. The van der Waals surface area contributed by atoms with E-state index in [-0.39, 0.29) is 17.9 Å². The highest BCUT2D eigenvalue weighted by Crippen LogP contribution is 2.28. The van der Waals surface area contributed by atoms with E-state index in [1.807, 2.05) is 6.92 Å². The van der Waals surface area contributed by atoms with Gasteiger partial charge >= 0.3 is 0 Å². The summed E-state index contributed by atoms with van der Waals surface area (Å²) in [5.41, 5.74) is 17.5. The number of primary amides is 1. The van der Waals surface area contributed by atoms with Gasteiger partial charge < -0.3 is 27.8 Å². The minimum Gasteiger partial charge on any atom is -0.370 e. The summed E-state index contributed by atoms with van der Waals surface area (Å²) in [5, 5.41) is 8.18. The molecule has 0 saturated heterocycles. The molecule has 2 aromatic heterocycles. The minimum absolute atomic E-state index is 0.0610. The molecule has 1 unspecified atom stereocenters. The monoisotopic (exact) mass is 522 g/mol. The van der Waals surface area contributed by atoms with Crippen molar-refractivity contribution in [1.29, 1.82) is 0 Å². The third-order valence-corrected chi connectivity index (χ3v) is 7.65. The van der Waals surface area contributed by atoms with Crippen molar-refractivity contribution in [2.45, 2.75) is 84.8 Å². The smallest absolute Gasteiger partial charge is 0.263 e. The molecule has 0 aromatic carbocycles. The largest absolute Gasteiger partial charge is 0.370 e. The number of nitrogens with one attached hydrogen (secondary N) is 2. The molecule has 0 saturated carbocycles. The third-order valence-electron chi connectivity index (χ3n) is 5.51. The Morgan fingerprint density at radius 2 is 1.71 bits per heavy atom. The maximum Gasteiger partial charge on any atom is 0.263 e. The molecule has 194 valence electrons. The second-order valence-corrected chi connectivity index (χ2v) is 10.8. The molecular formula is C23H38N8O2S2. The molecule has 0 aliphatic carbocycles. The highest BCUT2D eigenvalue weighted by atomic mass is 32.1. The van der Waals surface area contributed by atoms with Gasteiger partial charge in [-0.15, -0.1) is 22.7 Å². The highest BCUT2D eigenvalue weighted by molar-refractivity contribution is 7.14. The summed E-state index contributed by atoms with van der Waals surface area (Å²) in [4.78, 5) is 39.4. The first-order valence-corrected chi connectivity index (χ1v) is 13.6. The summed E-state index contributed by atoms with van der Waals surface area (Å²) in [6.07, 6.45) is 4.50. The van der Waals surface area contributed by atoms with Crippen molar-refractivity contribution >= 4 is 40.4 Å². The van der Waals surface area contributed by atoms with Crippen molar-refractivity contribution in [2.75, 3.05) is 6.54 Å². The number of nitrogens with zero attached hydrogens (tertiary/aromatic N) is 3. The molecule has 0 radical (unpaired) electrons. The Balaban J connectivity index is 2.28. The van der Waals surface area contributed by atoms with E-state index >= 15 is 0 Å². The summed E-state index contributed by atoms with van der Waals surface area (Å²) in [7, 11) is 0. The Labute approximate surface area is 215 Å². The first-order chi connectivity index (χ1) is 16.6. The molecule has 10 nitrogen and oxygen atoms in total. The highest BCUT2D eigenvalue weighted by Gasteiger charge is 2.27.